The molecule has 0 radical (unpaired) electrons. The molecule has 128 valence electrons. The lowest BCUT2D eigenvalue weighted by Crippen LogP contribution is -2.40. The van der Waals surface area contributed by atoms with E-state index < -0.39 is 0 Å². The average molecular weight is 336 g/mol. The van der Waals surface area contributed by atoms with Crippen LogP contribution in [0.5, 0.6) is 5.88 Å². The number of ether oxygens (including phenoxy) is 1. The number of nitrogens with zero attached hydrogens (tertiary/aromatic N) is 3. The van der Waals surface area contributed by atoms with Crippen LogP contribution in [0.2, 0.25) is 0 Å². The van der Waals surface area contributed by atoms with E-state index in [-0.39, 0.29) is 29.6 Å². The maximum atomic E-state index is 12.4. The molecular formula is C19H20N4O2. The van der Waals surface area contributed by atoms with Gasteiger partial charge in [-0.15, -0.1) is 0 Å². The first-order valence-corrected chi connectivity index (χ1v) is 8.41. The summed E-state index contributed by atoms with van der Waals surface area (Å²) in [5.41, 5.74) is 1.90. The Bertz CT molecular complexity index is 792. The Morgan fingerprint density at radius 1 is 1.20 bits per heavy atom. The van der Waals surface area contributed by atoms with Gasteiger partial charge in [0.15, 0.2) is 0 Å². The summed E-state index contributed by atoms with van der Waals surface area (Å²) >= 11 is 0. The Balaban J connectivity index is 1.53. The second-order valence-corrected chi connectivity index (χ2v) is 6.20. The van der Waals surface area contributed by atoms with Gasteiger partial charge in [0.25, 0.3) is 11.8 Å². The second-order valence-electron chi connectivity index (χ2n) is 6.20. The molecule has 2 aromatic rings. The van der Waals surface area contributed by atoms with E-state index in [9.17, 15) is 4.79 Å². The molecule has 6 nitrogen and oxygen atoms in total. The van der Waals surface area contributed by atoms with Crippen LogP contribution in [0.4, 0.5) is 0 Å². The van der Waals surface area contributed by atoms with E-state index in [1.807, 2.05) is 37.3 Å². The van der Waals surface area contributed by atoms with E-state index in [4.69, 9.17) is 10.00 Å². The Morgan fingerprint density at radius 3 is 2.64 bits per heavy atom. The fourth-order valence-electron chi connectivity index (χ4n) is 3.06. The smallest absolute Gasteiger partial charge is 0.251 e. The topological polar surface area (TPSA) is 87.9 Å². The maximum absolute atomic E-state index is 12.4. The Kier molecular flexibility index (Phi) is 5.24. The van der Waals surface area contributed by atoms with E-state index in [2.05, 4.69) is 15.3 Å². The molecule has 0 aliphatic heterocycles. The molecule has 0 saturated heterocycles. The summed E-state index contributed by atoms with van der Waals surface area (Å²) in [5, 5.41) is 12.1. The van der Waals surface area contributed by atoms with Crippen LogP contribution in [0.3, 0.4) is 0 Å². The molecule has 6 heteroatoms. The normalized spacial score (nSPS) is 19.7. The van der Waals surface area contributed by atoms with Gasteiger partial charge in [0, 0.05) is 24.0 Å². The van der Waals surface area contributed by atoms with E-state index >= 15 is 0 Å². The van der Waals surface area contributed by atoms with Crippen molar-refractivity contribution in [3.05, 3.63) is 53.5 Å². The molecule has 0 spiro atoms. The summed E-state index contributed by atoms with van der Waals surface area (Å²) in [5.74, 6) is 0.264. The number of benzene rings is 1. The summed E-state index contributed by atoms with van der Waals surface area (Å²) < 4.78 is 5.83. The minimum absolute atomic E-state index is 0.00425. The molecular weight excluding hydrogens is 316 g/mol. The van der Waals surface area contributed by atoms with Crippen molar-refractivity contribution < 1.29 is 9.53 Å². The van der Waals surface area contributed by atoms with Crippen molar-refractivity contribution in [2.45, 2.75) is 44.8 Å². The zero-order valence-corrected chi connectivity index (χ0v) is 14.1. The van der Waals surface area contributed by atoms with Crippen molar-refractivity contribution in [3.63, 3.8) is 0 Å². The summed E-state index contributed by atoms with van der Waals surface area (Å²) in [4.78, 5) is 20.4. The minimum atomic E-state index is -0.0249. The highest BCUT2D eigenvalue weighted by atomic mass is 16.5. The first kappa shape index (κ1) is 16.9. The number of amides is 1. The van der Waals surface area contributed by atoms with E-state index in [0.717, 1.165) is 36.8 Å². The fraction of sp³-hybridized carbons (Fsp3) is 0.368. The standard InChI is InChI=1S/C19H20N4O2/c1-13-4-2-3-5-16(13)18(24)23-14-6-8-15(9-7-14)25-19-17(12-20)21-10-11-22-19/h2-5,10-11,14-15H,6-9H2,1H3,(H,23,24). The number of rotatable bonds is 4. The summed E-state index contributed by atoms with van der Waals surface area (Å²) in [6, 6.07) is 9.72. The van der Waals surface area contributed by atoms with Gasteiger partial charge in [0.1, 0.15) is 12.2 Å². The Labute approximate surface area is 146 Å². The molecule has 25 heavy (non-hydrogen) atoms. The molecule has 0 unspecified atom stereocenters. The SMILES string of the molecule is Cc1ccccc1C(=O)NC1CCC(Oc2nccnc2C#N)CC1. The monoisotopic (exact) mass is 336 g/mol. The molecule has 1 aromatic heterocycles. The highest BCUT2D eigenvalue weighted by molar-refractivity contribution is 5.95. The van der Waals surface area contributed by atoms with Crippen molar-refractivity contribution >= 4 is 5.91 Å². The van der Waals surface area contributed by atoms with Gasteiger partial charge in [-0.25, -0.2) is 9.97 Å². The number of carbonyl (C=O) groups is 1. The molecule has 1 N–H and O–H groups in total. The van der Waals surface area contributed by atoms with Crippen LogP contribution in [0.25, 0.3) is 0 Å². The number of aromatic nitrogens is 2. The van der Waals surface area contributed by atoms with Crippen molar-refractivity contribution in [2.75, 3.05) is 0 Å². The van der Waals surface area contributed by atoms with Gasteiger partial charge in [0.05, 0.1) is 0 Å². The van der Waals surface area contributed by atoms with Gasteiger partial charge in [-0.2, -0.15) is 5.26 Å². The molecule has 1 aromatic carbocycles. The van der Waals surface area contributed by atoms with Gasteiger partial charge < -0.3 is 10.1 Å². The van der Waals surface area contributed by atoms with Crippen molar-refractivity contribution in [2.24, 2.45) is 0 Å². The number of nitrogens with one attached hydrogen (secondary N) is 1. The molecule has 1 heterocycles. The van der Waals surface area contributed by atoms with Gasteiger partial charge in [-0.05, 0) is 44.2 Å². The predicted molar refractivity (Wildman–Crippen MR) is 92.1 cm³/mol. The van der Waals surface area contributed by atoms with Gasteiger partial charge in [-0.1, -0.05) is 18.2 Å². The van der Waals surface area contributed by atoms with Gasteiger partial charge in [-0.3, -0.25) is 4.79 Å². The van der Waals surface area contributed by atoms with Crippen molar-refractivity contribution in [1.82, 2.24) is 15.3 Å². The number of aryl methyl sites for hydroxylation is 1. The van der Waals surface area contributed by atoms with Crippen LogP contribution in [-0.2, 0) is 0 Å². The third kappa shape index (κ3) is 4.13. The molecule has 0 bridgehead atoms. The van der Waals surface area contributed by atoms with Crippen molar-refractivity contribution in [3.8, 4) is 11.9 Å². The number of hydrogen-bond acceptors (Lipinski definition) is 5. The quantitative estimate of drug-likeness (QED) is 0.927. The van der Waals surface area contributed by atoms with Crippen molar-refractivity contribution in [1.29, 1.82) is 5.26 Å². The predicted octanol–water partition coefficient (Wildman–Crippen LogP) is 2.78. The molecule has 1 fully saturated rings. The lowest BCUT2D eigenvalue weighted by molar-refractivity contribution is 0.0889. The molecule has 1 aliphatic carbocycles. The number of hydrogen-bond donors (Lipinski definition) is 1. The summed E-state index contributed by atoms with van der Waals surface area (Å²) in [6.45, 7) is 1.94. The van der Waals surface area contributed by atoms with Gasteiger partial charge in [0.2, 0.25) is 5.69 Å². The molecule has 1 aliphatic rings. The van der Waals surface area contributed by atoms with Crippen LogP contribution in [0, 0.1) is 18.3 Å². The Morgan fingerprint density at radius 2 is 1.92 bits per heavy atom. The Hall–Kier alpha value is -2.94. The average Bonchev–Trinajstić information content (AvgIpc) is 2.64. The van der Waals surface area contributed by atoms with Crippen LogP contribution in [0.15, 0.2) is 36.7 Å². The van der Waals surface area contributed by atoms with Crippen LogP contribution >= 0.6 is 0 Å². The molecule has 1 saturated carbocycles. The molecule has 3 rings (SSSR count). The van der Waals surface area contributed by atoms with E-state index in [1.165, 1.54) is 12.4 Å². The lowest BCUT2D eigenvalue weighted by Gasteiger charge is -2.29. The number of nitriles is 1. The van der Waals surface area contributed by atoms with Crippen LogP contribution < -0.4 is 10.1 Å². The largest absolute Gasteiger partial charge is 0.472 e. The highest BCUT2D eigenvalue weighted by Gasteiger charge is 2.25. The third-order valence-corrected chi connectivity index (χ3v) is 4.45. The first-order valence-electron chi connectivity index (χ1n) is 8.41. The highest BCUT2D eigenvalue weighted by Crippen LogP contribution is 2.24. The molecule has 0 atom stereocenters. The first-order chi connectivity index (χ1) is 12.2. The van der Waals surface area contributed by atoms with Gasteiger partial charge >= 0.3 is 0 Å². The third-order valence-electron chi connectivity index (χ3n) is 4.45. The summed E-state index contributed by atoms with van der Waals surface area (Å²) in [6.07, 6.45) is 6.28. The zero-order chi connectivity index (χ0) is 17.6. The second kappa shape index (κ2) is 7.75. The zero-order valence-electron chi connectivity index (χ0n) is 14.1. The number of carbonyl (C=O) groups excluding carboxylic acids is 1. The minimum Gasteiger partial charge on any atom is -0.472 e. The maximum Gasteiger partial charge on any atom is 0.251 e. The van der Waals surface area contributed by atoms with Crippen LogP contribution in [-0.4, -0.2) is 28.0 Å². The van der Waals surface area contributed by atoms with E-state index in [1.54, 1.807) is 0 Å². The fourth-order valence-corrected chi connectivity index (χ4v) is 3.06. The summed E-state index contributed by atoms with van der Waals surface area (Å²) in [7, 11) is 0. The molecule has 1 amide bonds. The van der Waals surface area contributed by atoms with Crippen LogP contribution in [0.1, 0.15) is 47.3 Å². The van der Waals surface area contributed by atoms with E-state index in [0.29, 0.717) is 0 Å². The lowest BCUT2D eigenvalue weighted by atomic mass is 9.92.